The highest BCUT2D eigenvalue weighted by Crippen LogP contribution is 2.18. The Morgan fingerprint density at radius 2 is 2.13 bits per heavy atom. The van der Waals surface area contributed by atoms with E-state index in [-0.39, 0.29) is 18.7 Å². The Balaban J connectivity index is 1.66. The molecule has 3 N–H and O–H groups in total. The first-order valence-electron chi connectivity index (χ1n) is 7.95. The zero-order valence-electron chi connectivity index (χ0n) is 13.0. The molecule has 0 radical (unpaired) electrons. The minimum atomic E-state index is -0.232. The Bertz CT molecular complexity index is 603. The zero-order valence-corrected chi connectivity index (χ0v) is 13.0. The summed E-state index contributed by atoms with van der Waals surface area (Å²) in [6, 6.07) is 11.7. The Hall–Kier alpha value is -2.18. The predicted molar refractivity (Wildman–Crippen MR) is 89.4 cm³/mol. The number of aliphatic hydroxyl groups excluding tert-OH is 1. The van der Waals surface area contributed by atoms with Gasteiger partial charge in [-0.25, -0.2) is 4.98 Å². The molecule has 3 rings (SSSR count). The number of nitrogens with zero attached hydrogens (tertiary/aromatic N) is 2. The third-order valence-electron chi connectivity index (χ3n) is 3.86. The normalized spacial score (nSPS) is 19.1. The molecule has 6 nitrogen and oxygen atoms in total. The van der Waals surface area contributed by atoms with E-state index < -0.39 is 0 Å². The van der Waals surface area contributed by atoms with Gasteiger partial charge >= 0.3 is 0 Å². The van der Waals surface area contributed by atoms with Crippen molar-refractivity contribution in [3.8, 4) is 0 Å². The minimum Gasteiger partial charge on any atom is -0.394 e. The molecule has 1 fully saturated rings. The lowest BCUT2D eigenvalue weighted by atomic mass is 10.1. The highest BCUT2D eigenvalue weighted by molar-refractivity contribution is 5.42. The fourth-order valence-corrected chi connectivity index (χ4v) is 2.65. The highest BCUT2D eigenvalue weighted by Gasteiger charge is 2.15. The SMILES string of the molecule is OC[C@H](Nc1nccc(N[C@@H]2CCCOC2)n1)c1ccccc1. The lowest BCUT2D eigenvalue weighted by Crippen LogP contribution is -2.30. The van der Waals surface area contributed by atoms with E-state index in [1.165, 1.54) is 0 Å². The second kappa shape index (κ2) is 7.89. The van der Waals surface area contributed by atoms with Crippen molar-refractivity contribution in [2.45, 2.75) is 24.9 Å². The van der Waals surface area contributed by atoms with Crippen LogP contribution in [0.4, 0.5) is 11.8 Å². The van der Waals surface area contributed by atoms with Gasteiger partial charge in [0.05, 0.1) is 25.3 Å². The molecule has 0 unspecified atom stereocenters. The summed E-state index contributed by atoms with van der Waals surface area (Å²) in [5.41, 5.74) is 0.998. The van der Waals surface area contributed by atoms with Gasteiger partial charge < -0.3 is 20.5 Å². The first-order valence-corrected chi connectivity index (χ1v) is 7.95. The molecule has 1 aliphatic heterocycles. The number of aromatic nitrogens is 2. The van der Waals surface area contributed by atoms with E-state index in [0.717, 1.165) is 30.8 Å². The molecule has 1 aliphatic rings. The van der Waals surface area contributed by atoms with Crippen LogP contribution in [-0.2, 0) is 4.74 Å². The maximum atomic E-state index is 9.62. The van der Waals surface area contributed by atoms with Crippen LogP contribution in [0.3, 0.4) is 0 Å². The van der Waals surface area contributed by atoms with E-state index >= 15 is 0 Å². The summed E-state index contributed by atoms with van der Waals surface area (Å²) in [7, 11) is 0. The van der Waals surface area contributed by atoms with E-state index in [9.17, 15) is 5.11 Å². The molecule has 2 aromatic rings. The van der Waals surface area contributed by atoms with Gasteiger partial charge in [0.15, 0.2) is 0 Å². The molecule has 6 heteroatoms. The number of rotatable bonds is 6. The number of ether oxygens (including phenoxy) is 1. The summed E-state index contributed by atoms with van der Waals surface area (Å²) in [5.74, 6) is 1.26. The fourth-order valence-electron chi connectivity index (χ4n) is 2.65. The third kappa shape index (κ3) is 4.40. The molecule has 1 saturated heterocycles. The molecule has 0 bridgehead atoms. The minimum absolute atomic E-state index is 0.0263. The van der Waals surface area contributed by atoms with E-state index in [2.05, 4.69) is 20.6 Å². The van der Waals surface area contributed by atoms with Crippen molar-refractivity contribution in [3.63, 3.8) is 0 Å². The van der Waals surface area contributed by atoms with Crippen molar-refractivity contribution in [3.05, 3.63) is 48.2 Å². The van der Waals surface area contributed by atoms with Gasteiger partial charge in [0.25, 0.3) is 0 Å². The summed E-state index contributed by atoms with van der Waals surface area (Å²) >= 11 is 0. The maximum Gasteiger partial charge on any atom is 0.225 e. The van der Waals surface area contributed by atoms with Crippen molar-refractivity contribution in [1.29, 1.82) is 0 Å². The van der Waals surface area contributed by atoms with Gasteiger partial charge in [-0.2, -0.15) is 4.98 Å². The smallest absolute Gasteiger partial charge is 0.225 e. The van der Waals surface area contributed by atoms with Gasteiger partial charge in [-0.3, -0.25) is 0 Å². The molecule has 0 spiro atoms. The summed E-state index contributed by atoms with van der Waals surface area (Å²) in [6.45, 7) is 1.52. The first-order chi connectivity index (χ1) is 11.3. The van der Waals surface area contributed by atoms with Crippen molar-refractivity contribution >= 4 is 11.8 Å². The van der Waals surface area contributed by atoms with Crippen LogP contribution in [0, 0.1) is 0 Å². The first kappa shape index (κ1) is 15.7. The van der Waals surface area contributed by atoms with Crippen LogP contribution in [0.25, 0.3) is 0 Å². The molecule has 0 saturated carbocycles. The fraction of sp³-hybridized carbons (Fsp3) is 0.412. The van der Waals surface area contributed by atoms with Crippen molar-refractivity contribution in [1.82, 2.24) is 9.97 Å². The second-order valence-corrected chi connectivity index (χ2v) is 5.61. The lowest BCUT2D eigenvalue weighted by Gasteiger charge is -2.24. The monoisotopic (exact) mass is 314 g/mol. The molecule has 2 atom stereocenters. The Labute approximate surface area is 135 Å². The number of anilines is 2. The van der Waals surface area contributed by atoms with Crippen LogP contribution in [0.2, 0.25) is 0 Å². The molecule has 2 heterocycles. The maximum absolute atomic E-state index is 9.62. The molecule has 1 aromatic heterocycles. The van der Waals surface area contributed by atoms with E-state index in [1.807, 2.05) is 36.4 Å². The summed E-state index contributed by atoms with van der Waals surface area (Å²) in [4.78, 5) is 8.72. The number of aliphatic hydroxyl groups is 1. The standard InChI is InChI=1S/C17H22N4O2/c22-11-15(13-5-2-1-3-6-13)20-17-18-9-8-16(21-17)19-14-7-4-10-23-12-14/h1-3,5-6,8-9,14-15,22H,4,7,10-12H2,(H2,18,19,20,21)/t14-,15+/m1/s1. The third-order valence-corrected chi connectivity index (χ3v) is 3.86. The molecule has 1 aromatic carbocycles. The van der Waals surface area contributed by atoms with Gasteiger partial charge in [-0.15, -0.1) is 0 Å². The molecular formula is C17H22N4O2. The van der Waals surface area contributed by atoms with E-state index in [0.29, 0.717) is 12.6 Å². The molecule has 122 valence electrons. The highest BCUT2D eigenvalue weighted by atomic mass is 16.5. The van der Waals surface area contributed by atoms with Crippen LogP contribution < -0.4 is 10.6 Å². The van der Waals surface area contributed by atoms with Crippen LogP contribution >= 0.6 is 0 Å². The molecular weight excluding hydrogens is 292 g/mol. The Kier molecular flexibility index (Phi) is 5.39. The van der Waals surface area contributed by atoms with Crippen LogP contribution in [-0.4, -0.2) is 40.9 Å². The van der Waals surface area contributed by atoms with Gasteiger partial charge in [0.1, 0.15) is 5.82 Å². The van der Waals surface area contributed by atoms with E-state index in [1.54, 1.807) is 6.20 Å². The topological polar surface area (TPSA) is 79.3 Å². The van der Waals surface area contributed by atoms with Crippen LogP contribution in [0.15, 0.2) is 42.6 Å². The van der Waals surface area contributed by atoms with Gasteiger partial charge in [-0.05, 0) is 24.5 Å². The Morgan fingerprint density at radius 1 is 1.26 bits per heavy atom. The second-order valence-electron chi connectivity index (χ2n) is 5.61. The van der Waals surface area contributed by atoms with Crippen molar-refractivity contribution < 1.29 is 9.84 Å². The molecule has 0 amide bonds. The van der Waals surface area contributed by atoms with Crippen LogP contribution in [0.5, 0.6) is 0 Å². The molecule has 0 aliphatic carbocycles. The lowest BCUT2D eigenvalue weighted by molar-refractivity contribution is 0.0875. The van der Waals surface area contributed by atoms with Gasteiger partial charge in [0.2, 0.25) is 5.95 Å². The predicted octanol–water partition coefficient (Wildman–Crippen LogP) is 2.21. The zero-order chi connectivity index (χ0) is 15.9. The summed E-state index contributed by atoms with van der Waals surface area (Å²) in [6.07, 6.45) is 3.85. The number of hydrogen-bond acceptors (Lipinski definition) is 6. The Morgan fingerprint density at radius 3 is 2.87 bits per heavy atom. The van der Waals surface area contributed by atoms with Crippen molar-refractivity contribution in [2.24, 2.45) is 0 Å². The van der Waals surface area contributed by atoms with E-state index in [4.69, 9.17) is 4.74 Å². The summed E-state index contributed by atoms with van der Waals surface area (Å²) < 4.78 is 5.47. The largest absolute Gasteiger partial charge is 0.394 e. The average Bonchev–Trinajstić information content (AvgIpc) is 2.62. The summed E-state index contributed by atoms with van der Waals surface area (Å²) in [5, 5.41) is 16.2. The number of nitrogens with one attached hydrogen (secondary N) is 2. The van der Waals surface area contributed by atoms with Gasteiger partial charge in [0, 0.05) is 12.8 Å². The molecule has 23 heavy (non-hydrogen) atoms. The quantitative estimate of drug-likeness (QED) is 0.759. The van der Waals surface area contributed by atoms with Crippen LogP contribution in [0.1, 0.15) is 24.4 Å². The average molecular weight is 314 g/mol. The number of hydrogen-bond donors (Lipinski definition) is 3. The number of benzene rings is 1. The van der Waals surface area contributed by atoms with Crippen molar-refractivity contribution in [2.75, 3.05) is 30.5 Å². The van der Waals surface area contributed by atoms with Gasteiger partial charge in [-0.1, -0.05) is 30.3 Å².